The largest absolute Gasteiger partial charge is 0.481 e. The Morgan fingerprint density at radius 1 is 0.786 bits per heavy atom. The zero-order valence-corrected chi connectivity index (χ0v) is 33.8. The number of Topliss-reactive ketones (excluding diaryl/α,β-unsaturated/α-hetero) is 1. The number of aldehydes is 1. The lowest BCUT2D eigenvalue weighted by molar-refractivity contribution is -0.140. The molecule has 1 aliphatic rings. The summed E-state index contributed by atoms with van der Waals surface area (Å²) in [4.78, 5) is 79.3. The summed E-state index contributed by atoms with van der Waals surface area (Å²) in [6.07, 6.45) is -0.847. The number of carboxylic acid groups (broad SMARTS) is 1. The molecule has 300 valence electrons. The second-order valence-electron chi connectivity index (χ2n) is 17.0. The monoisotopic (exact) mass is 768 g/mol. The lowest BCUT2D eigenvalue weighted by atomic mass is 9.86. The van der Waals surface area contributed by atoms with Crippen LogP contribution in [0.5, 0.6) is 0 Å². The van der Waals surface area contributed by atoms with E-state index in [0.717, 1.165) is 22.3 Å². The van der Waals surface area contributed by atoms with Crippen LogP contribution in [0, 0.1) is 18.3 Å². The Bertz CT molecular complexity index is 1900. The lowest BCUT2D eigenvalue weighted by Crippen LogP contribution is -2.56. The van der Waals surface area contributed by atoms with Gasteiger partial charge in [0.25, 0.3) is 0 Å². The second-order valence-corrected chi connectivity index (χ2v) is 17.0. The molecule has 0 radical (unpaired) electrons. The van der Waals surface area contributed by atoms with Gasteiger partial charge in [-0.1, -0.05) is 101 Å². The van der Waals surface area contributed by atoms with E-state index in [4.69, 9.17) is 4.74 Å². The zero-order valence-electron chi connectivity index (χ0n) is 33.8. The number of carbonyl (C=O) groups excluding carboxylic acids is 5. The Labute approximate surface area is 329 Å². The number of nitrogens with one attached hydrogen (secondary N) is 4. The Hall–Kier alpha value is -5.36. The highest BCUT2D eigenvalue weighted by Crippen LogP contribution is 2.44. The van der Waals surface area contributed by atoms with Crippen molar-refractivity contribution in [1.29, 1.82) is 0 Å². The molecule has 4 atom stereocenters. The number of ketones is 1. The van der Waals surface area contributed by atoms with E-state index in [-0.39, 0.29) is 24.5 Å². The molecule has 3 aromatic carbocycles. The van der Waals surface area contributed by atoms with Crippen molar-refractivity contribution in [3.05, 3.63) is 94.5 Å². The van der Waals surface area contributed by atoms with Gasteiger partial charge in [-0.15, -0.1) is 0 Å². The van der Waals surface area contributed by atoms with Gasteiger partial charge in [-0.05, 0) is 72.4 Å². The van der Waals surface area contributed by atoms with Crippen molar-refractivity contribution in [2.24, 2.45) is 11.3 Å². The van der Waals surface area contributed by atoms with Crippen LogP contribution in [-0.2, 0) is 30.3 Å². The van der Waals surface area contributed by atoms with Crippen LogP contribution in [0.3, 0.4) is 0 Å². The summed E-state index contributed by atoms with van der Waals surface area (Å²) in [5.41, 5.74) is 4.25. The van der Waals surface area contributed by atoms with E-state index in [1.165, 1.54) is 0 Å². The normalized spacial score (nSPS) is 14.8. The van der Waals surface area contributed by atoms with E-state index in [2.05, 4.69) is 21.3 Å². The van der Waals surface area contributed by atoms with E-state index in [0.29, 0.717) is 17.4 Å². The maximum Gasteiger partial charge on any atom is 0.407 e. The predicted octanol–water partition coefficient (Wildman–Crippen LogP) is 5.73. The minimum Gasteiger partial charge on any atom is -0.481 e. The van der Waals surface area contributed by atoms with Crippen molar-refractivity contribution in [3.63, 3.8) is 0 Å². The van der Waals surface area contributed by atoms with Gasteiger partial charge < -0.3 is 35.9 Å². The van der Waals surface area contributed by atoms with Gasteiger partial charge in [-0.2, -0.15) is 0 Å². The zero-order chi connectivity index (χ0) is 41.5. The summed E-state index contributed by atoms with van der Waals surface area (Å²) in [5.74, 6) is -3.54. The smallest absolute Gasteiger partial charge is 0.407 e. The first-order chi connectivity index (χ1) is 26.2. The summed E-state index contributed by atoms with van der Waals surface area (Å²) < 4.78 is 5.80. The first-order valence-corrected chi connectivity index (χ1v) is 19.0. The third-order valence-corrected chi connectivity index (χ3v) is 9.95. The number of aliphatic carboxylic acids is 1. The molecule has 1 aliphatic carbocycles. The van der Waals surface area contributed by atoms with Gasteiger partial charge in [0.05, 0.1) is 24.5 Å². The number of benzene rings is 3. The van der Waals surface area contributed by atoms with E-state index in [1.54, 1.807) is 80.5 Å². The molecule has 0 fully saturated rings. The fraction of sp³-hybridized carbons (Fsp3) is 0.455. The van der Waals surface area contributed by atoms with Crippen molar-refractivity contribution in [3.8, 4) is 11.1 Å². The van der Waals surface area contributed by atoms with Gasteiger partial charge >= 0.3 is 12.1 Å². The number of carbonyl (C=O) groups is 6. The minimum absolute atomic E-state index is 0.00393. The number of rotatable bonds is 16. The number of hydrogen-bond acceptors (Lipinski definition) is 8. The summed E-state index contributed by atoms with van der Waals surface area (Å²) in [6.45, 7) is 16.1. The number of hydrogen-bond donors (Lipinski definition) is 5. The van der Waals surface area contributed by atoms with Crippen LogP contribution >= 0.6 is 0 Å². The highest BCUT2D eigenvalue weighted by atomic mass is 16.5. The average molecular weight is 769 g/mol. The average Bonchev–Trinajstić information content (AvgIpc) is 3.43. The summed E-state index contributed by atoms with van der Waals surface area (Å²) in [5, 5.41) is 20.8. The molecule has 5 N–H and O–H groups in total. The van der Waals surface area contributed by atoms with Crippen LogP contribution in [0.1, 0.15) is 100 Å². The Morgan fingerprint density at radius 3 is 1.88 bits per heavy atom. The third kappa shape index (κ3) is 10.9. The van der Waals surface area contributed by atoms with Crippen molar-refractivity contribution in [2.75, 3.05) is 6.61 Å². The first-order valence-electron chi connectivity index (χ1n) is 19.0. The van der Waals surface area contributed by atoms with Crippen LogP contribution in [0.2, 0.25) is 0 Å². The predicted molar refractivity (Wildman–Crippen MR) is 214 cm³/mol. The highest BCUT2D eigenvalue weighted by molar-refractivity contribution is 6.04. The van der Waals surface area contributed by atoms with Gasteiger partial charge in [0, 0.05) is 23.4 Å². The summed E-state index contributed by atoms with van der Waals surface area (Å²) >= 11 is 0. The van der Waals surface area contributed by atoms with Gasteiger partial charge in [0.2, 0.25) is 11.8 Å². The molecule has 0 saturated carbocycles. The maximum absolute atomic E-state index is 14.4. The molecule has 0 unspecified atom stereocenters. The van der Waals surface area contributed by atoms with Crippen molar-refractivity contribution in [2.45, 2.75) is 111 Å². The van der Waals surface area contributed by atoms with E-state index in [9.17, 15) is 33.9 Å². The van der Waals surface area contributed by atoms with E-state index < -0.39 is 77.1 Å². The molecule has 0 spiro atoms. The van der Waals surface area contributed by atoms with E-state index in [1.807, 2.05) is 48.5 Å². The third-order valence-electron chi connectivity index (χ3n) is 9.95. The van der Waals surface area contributed by atoms with Gasteiger partial charge in [0.1, 0.15) is 18.9 Å². The standard InChI is InChI=1S/C44H56N4O8/c1-25(2)38(47-41(54)35(22-37(50)51)48-44(7,8)9)39(52)31-20-14-15-26(3)32(31)21-34(40(53)46-36(23-49)43(4,5)6)45-42(55)56-24-33-29-18-12-10-16-27(29)28-17-11-13-19-30(28)33/h10-20,23,25,33-36,38,48H,21-22,24H2,1-9H3,(H,45,55)(H,46,53)(H,47,54)(H,50,51)/t34-,35-,36+,38+/m0/s1. The minimum atomic E-state index is -1.27. The molecule has 4 rings (SSSR count). The quantitative estimate of drug-likeness (QED) is 0.0899. The molecule has 3 amide bonds. The molecule has 0 bridgehead atoms. The molecule has 0 aromatic heterocycles. The van der Waals surface area contributed by atoms with Gasteiger partial charge in [-0.25, -0.2) is 4.79 Å². The molecule has 56 heavy (non-hydrogen) atoms. The Morgan fingerprint density at radius 2 is 1.36 bits per heavy atom. The van der Waals surface area contributed by atoms with Gasteiger partial charge in [0.15, 0.2) is 5.78 Å². The maximum atomic E-state index is 14.4. The van der Waals surface area contributed by atoms with Gasteiger partial charge in [-0.3, -0.25) is 19.2 Å². The second kappa shape index (κ2) is 18.1. The summed E-state index contributed by atoms with van der Waals surface area (Å²) in [6, 6.07) is 16.6. The molecule has 0 aliphatic heterocycles. The van der Waals surface area contributed by atoms with Crippen molar-refractivity contribution >= 4 is 35.9 Å². The molecule has 12 nitrogen and oxygen atoms in total. The van der Waals surface area contributed by atoms with Crippen molar-refractivity contribution in [1.82, 2.24) is 21.3 Å². The van der Waals surface area contributed by atoms with Crippen LogP contribution in [0.15, 0.2) is 66.7 Å². The number of alkyl carbamates (subject to hydrolysis) is 1. The van der Waals surface area contributed by atoms with Crippen LogP contribution in [-0.4, -0.2) is 77.4 Å². The van der Waals surface area contributed by atoms with E-state index >= 15 is 0 Å². The molecular weight excluding hydrogens is 713 g/mol. The SMILES string of the molecule is Cc1cccc(C(=O)[C@H](NC(=O)[C@H](CC(=O)O)NC(C)(C)C)C(C)C)c1C[C@H](NC(=O)OCC1c2ccccc2-c2ccccc21)C(=O)N[C@H](C=O)C(C)(C)C. The van der Waals surface area contributed by atoms with Crippen LogP contribution in [0.25, 0.3) is 11.1 Å². The molecular formula is C44H56N4O8. The fourth-order valence-corrected chi connectivity index (χ4v) is 6.97. The molecule has 12 heteroatoms. The molecule has 0 saturated heterocycles. The number of aryl methyl sites for hydroxylation is 1. The Balaban J connectivity index is 1.63. The first kappa shape index (κ1) is 43.4. The number of ether oxygens (including phenoxy) is 1. The number of amides is 3. The lowest BCUT2D eigenvalue weighted by Gasteiger charge is -2.30. The molecule has 0 heterocycles. The fourth-order valence-electron chi connectivity index (χ4n) is 6.97. The topological polar surface area (TPSA) is 180 Å². The molecule has 3 aromatic rings. The summed E-state index contributed by atoms with van der Waals surface area (Å²) in [7, 11) is 0. The van der Waals surface area contributed by atoms with Crippen LogP contribution < -0.4 is 21.3 Å². The van der Waals surface area contributed by atoms with Crippen molar-refractivity contribution < 1.29 is 38.6 Å². The Kier molecular flexibility index (Phi) is 14.0. The number of fused-ring (bicyclic) bond motifs is 3. The van der Waals surface area contributed by atoms with Crippen LogP contribution in [0.4, 0.5) is 4.79 Å². The number of carboxylic acids is 1. The highest BCUT2D eigenvalue weighted by Gasteiger charge is 2.35.